The van der Waals surface area contributed by atoms with Crippen molar-refractivity contribution >= 4 is 12.0 Å². The summed E-state index contributed by atoms with van der Waals surface area (Å²) in [6.07, 6.45) is 8.22. The van der Waals surface area contributed by atoms with Gasteiger partial charge in [-0.1, -0.05) is 30.3 Å². The van der Waals surface area contributed by atoms with Crippen molar-refractivity contribution in [2.24, 2.45) is 0 Å². The molecule has 1 N–H and O–H groups in total. The number of hydrogen-bond acceptors (Lipinski definition) is 3. The molecule has 0 aliphatic rings. The van der Waals surface area contributed by atoms with Gasteiger partial charge in [0.1, 0.15) is 0 Å². The molecule has 3 aromatic rings. The van der Waals surface area contributed by atoms with E-state index in [0.717, 1.165) is 11.3 Å². The topological polar surface area (TPSA) is 63.6 Å². The Morgan fingerprint density at radius 1 is 1.24 bits per heavy atom. The Hall–Kier alpha value is -2.95. The van der Waals surface area contributed by atoms with Crippen LogP contribution in [0.5, 0.6) is 0 Å². The van der Waals surface area contributed by atoms with Gasteiger partial charge in [-0.05, 0) is 18.6 Å². The number of hydrogen-bond donors (Lipinski definition) is 1. The predicted octanol–water partition coefficient (Wildman–Crippen LogP) is 2.94. The van der Waals surface area contributed by atoms with E-state index >= 15 is 0 Å². The van der Waals surface area contributed by atoms with Gasteiger partial charge in [0.25, 0.3) is 5.91 Å². The van der Waals surface area contributed by atoms with E-state index < -0.39 is 0 Å². The zero-order valence-electron chi connectivity index (χ0n) is 11.5. The molecule has 0 radical (unpaired) electrons. The highest BCUT2D eigenvalue weighted by atomic mass is 16.1. The van der Waals surface area contributed by atoms with Crippen molar-refractivity contribution in [3.63, 3.8) is 0 Å². The summed E-state index contributed by atoms with van der Waals surface area (Å²) in [4.78, 5) is 23.7. The second-order valence-corrected chi connectivity index (χ2v) is 4.62. The minimum atomic E-state index is -0.166. The molecule has 0 atom stereocenters. The van der Waals surface area contributed by atoms with Crippen LogP contribution in [-0.2, 0) is 0 Å². The first-order chi connectivity index (χ1) is 10.2. The van der Waals surface area contributed by atoms with Gasteiger partial charge in [0.15, 0.2) is 11.6 Å². The largest absolute Gasteiger partial charge is 0.340 e. The zero-order valence-corrected chi connectivity index (χ0v) is 11.5. The molecule has 5 nitrogen and oxygen atoms in total. The zero-order chi connectivity index (χ0) is 14.7. The first kappa shape index (κ1) is 13.1. The van der Waals surface area contributed by atoms with Gasteiger partial charge in [-0.3, -0.25) is 9.36 Å². The van der Waals surface area contributed by atoms with Crippen LogP contribution in [0, 0.1) is 6.92 Å². The molecule has 0 saturated heterocycles. The molecule has 1 aromatic carbocycles. The fourth-order valence-electron chi connectivity index (χ4n) is 1.99. The number of nitrogens with zero attached hydrogens (tertiary/aromatic N) is 3. The van der Waals surface area contributed by atoms with Gasteiger partial charge < -0.3 is 4.98 Å². The van der Waals surface area contributed by atoms with E-state index in [0.29, 0.717) is 11.6 Å². The van der Waals surface area contributed by atoms with Crippen LogP contribution < -0.4 is 0 Å². The number of nitrogens with one attached hydrogen (secondary N) is 1. The Morgan fingerprint density at radius 2 is 2.05 bits per heavy atom. The molecule has 2 heterocycles. The number of carbonyl (C=O) groups excluding carboxylic acids is 1. The minimum Gasteiger partial charge on any atom is -0.340 e. The highest BCUT2D eigenvalue weighted by Gasteiger charge is 2.12. The maximum absolute atomic E-state index is 12.3. The molecule has 21 heavy (non-hydrogen) atoms. The summed E-state index contributed by atoms with van der Waals surface area (Å²) in [5.41, 5.74) is 1.90. The fraction of sp³-hybridized carbons (Fsp3) is 0.0625. The van der Waals surface area contributed by atoms with Crippen LogP contribution in [0.1, 0.15) is 16.1 Å². The Balaban J connectivity index is 1.86. The monoisotopic (exact) mass is 278 g/mol. The molecule has 0 unspecified atom stereocenters. The van der Waals surface area contributed by atoms with Gasteiger partial charge in [-0.2, -0.15) is 0 Å². The summed E-state index contributed by atoms with van der Waals surface area (Å²) in [6.45, 7) is 1.90. The lowest BCUT2D eigenvalue weighted by molar-refractivity contribution is 0.0971. The molecule has 3 rings (SSSR count). The maximum atomic E-state index is 12.3. The van der Waals surface area contributed by atoms with E-state index in [1.54, 1.807) is 24.7 Å². The number of imidazole rings is 2. The predicted molar refractivity (Wildman–Crippen MR) is 80.6 cm³/mol. The lowest BCUT2D eigenvalue weighted by Gasteiger charge is -2.01. The molecule has 5 heteroatoms. The first-order valence-corrected chi connectivity index (χ1v) is 6.57. The van der Waals surface area contributed by atoms with Gasteiger partial charge in [0, 0.05) is 30.4 Å². The van der Waals surface area contributed by atoms with Crippen molar-refractivity contribution < 1.29 is 4.79 Å². The quantitative estimate of drug-likeness (QED) is 0.749. The van der Waals surface area contributed by atoms with E-state index in [-0.39, 0.29) is 5.91 Å². The van der Waals surface area contributed by atoms with Gasteiger partial charge >= 0.3 is 0 Å². The Labute approximate surface area is 122 Å². The molecule has 0 spiro atoms. The third-order valence-corrected chi connectivity index (χ3v) is 3.01. The van der Waals surface area contributed by atoms with Crippen molar-refractivity contribution in [1.82, 2.24) is 19.5 Å². The summed E-state index contributed by atoms with van der Waals surface area (Å²) in [5.74, 6) is 0.921. The van der Waals surface area contributed by atoms with Crippen molar-refractivity contribution in [3.05, 3.63) is 66.3 Å². The highest BCUT2D eigenvalue weighted by molar-refractivity contribution is 5.95. The molecule has 104 valence electrons. The minimum absolute atomic E-state index is 0.166. The van der Waals surface area contributed by atoms with Crippen LogP contribution in [0.15, 0.2) is 55.0 Å². The molecule has 0 amide bonds. The van der Waals surface area contributed by atoms with Crippen LogP contribution >= 0.6 is 0 Å². The fourth-order valence-corrected chi connectivity index (χ4v) is 1.99. The molecule has 0 aliphatic carbocycles. The number of rotatable bonds is 3. The van der Waals surface area contributed by atoms with Crippen LogP contribution in [0.2, 0.25) is 0 Å². The van der Waals surface area contributed by atoms with Gasteiger partial charge in [-0.15, -0.1) is 0 Å². The van der Waals surface area contributed by atoms with E-state index in [1.165, 1.54) is 10.6 Å². The molecular weight excluding hydrogens is 264 g/mol. The van der Waals surface area contributed by atoms with Gasteiger partial charge in [-0.25, -0.2) is 9.97 Å². The molecular formula is C16H14N4O. The Bertz CT molecular complexity index is 783. The summed E-state index contributed by atoms with van der Waals surface area (Å²) in [5, 5.41) is 0. The van der Waals surface area contributed by atoms with E-state index in [9.17, 15) is 4.79 Å². The highest BCUT2D eigenvalue weighted by Crippen LogP contribution is 2.13. The average Bonchev–Trinajstić information content (AvgIpc) is 3.14. The standard InChI is InChI=1S/C16H14N4O/c1-12-11-18-15(19-12)16-17-9-10-20(16)14(21)8-7-13-5-3-2-4-6-13/h2-11H,1H3,(H,18,19). The number of aromatic nitrogens is 4. The lowest BCUT2D eigenvalue weighted by atomic mass is 10.2. The summed E-state index contributed by atoms with van der Waals surface area (Å²) < 4.78 is 1.47. The molecule has 2 aromatic heterocycles. The normalized spacial score (nSPS) is 11.1. The van der Waals surface area contributed by atoms with Crippen molar-refractivity contribution in [2.45, 2.75) is 6.92 Å². The van der Waals surface area contributed by atoms with E-state index in [1.807, 2.05) is 37.3 Å². The number of allylic oxidation sites excluding steroid dienone is 1. The Morgan fingerprint density at radius 3 is 2.76 bits per heavy atom. The molecule has 0 aliphatic heterocycles. The van der Waals surface area contributed by atoms with Crippen molar-refractivity contribution in [2.75, 3.05) is 0 Å². The number of carbonyl (C=O) groups is 1. The van der Waals surface area contributed by atoms with Crippen LogP contribution in [-0.4, -0.2) is 25.4 Å². The third kappa shape index (κ3) is 2.81. The second kappa shape index (κ2) is 5.58. The summed E-state index contributed by atoms with van der Waals surface area (Å²) >= 11 is 0. The summed E-state index contributed by atoms with van der Waals surface area (Å²) in [6, 6.07) is 9.67. The van der Waals surface area contributed by atoms with Gasteiger partial charge in [0.05, 0.1) is 0 Å². The van der Waals surface area contributed by atoms with Crippen LogP contribution in [0.25, 0.3) is 17.7 Å². The molecule has 0 fully saturated rings. The Kier molecular flexibility index (Phi) is 3.47. The third-order valence-electron chi connectivity index (χ3n) is 3.01. The first-order valence-electron chi connectivity index (χ1n) is 6.57. The van der Waals surface area contributed by atoms with E-state index in [2.05, 4.69) is 15.0 Å². The van der Waals surface area contributed by atoms with Gasteiger partial charge in [0.2, 0.25) is 0 Å². The SMILES string of the molecule is Cc1cnc(-c2nccn2C(=O)C=Cc2ccccc2)[nH]1. The lowest BCUT2D eigenvalue weighted by Crippen LogP contribution is -2.08. The number of H-pyrrole nitrogens is 1. The summed E-state index contributed by atoms with van der Waals surface area (Å²) in [7, 11) is 0. The van der Waals surface area contributed by atoms with Crippen LogP contribution in [0.4, 0.5) is 0 Å². The number of aryl methyl sites for hydroxylation is 1. The van der Waals surface area contributed by atoms with Crippen molar-refractivity contribution in [3.8, 4) is 11.6 Å². The van der Waals surface area contributed by atoms with Crippen LogP contribution in [0.3, 0.4) is 0 Å². The smallest absolute Gasteiger partial charge is 0.256 e. The maximum Gasteiger partial charge on any atom is 0.256 e. The average molecular weight is 278 g/mol. The van der Waals surface area contributed by atoms with E-state index in [4.69, 9.17) is 0 Å². The molecule has 0 saturated carbocycles. The van der Waals surface area contributed by atoms with Crippen molar-refractivity contribution in [1.29, 1.82) is 0 Å². The number of benzene rings is 1. The second-order valence-electron chi connectivity index (χ2n) is 4.62. The molecule has 0 bridgehead atoms. The number of aromatic amines is 1.